The van der Waals surface area contributed by atoms with Gasteiger partial charge in [-0.2, -0.15) is 10.1 Å². The number of hydrogen-bond donors (Lipinski definition) is 1. The van der Waals surface area contributed by atoms with Crippen LogP contribution < -0.4 is 15.4 Å². The van der Waals surface area contributed by atoms with E-state index in [0.717, 1.165) is 48.0 Å². The van der Waals surface area contributed by atoms with Crippen molar-refractivity contribution < 1.29 is 0 Å². The molecule has 3 aliphatic heterocycles. The molecule has 5 heterocycles. The first-order valence-electron chi connectivity index (χ1n) is 8.92. The Labute approximate surface area is 159 Å². The van der Waals surface area contributed by atoms with Gasteiger partial charge < -0.3 is 5.32 Å². The molecule has 27 heavy (non-hydrogen) atoms. The SMILES string of the molecule is Clc1ncc2n1-c1ccccc1C1=NCN(n3cc(C4CCCN4)nn3)N12. The number of fused-ring (bicyclic) bond motifs is 6. The minimum absolute atomic E-state index is 0.267. The monoisotopic (exact) mass is 381 g/mol. The number of amidine groups is 1. The van der Waals surface area contributed by atoms with E-state index in [1.165, 1.54) is 0 Å². The van der Waals surface area contributed by atoms with E-state index in [1.807, 2.05) is 45.2 Å². The Kier molecular flexibility index (Phi) is 3.12. The maximum absolute atomic E-state index is 6.38. The summed E-state index contributed by atoms with van der Waals surface area (Å²) in [5, 5.41) is 16.5. The first kappa shape index (κ1) is 15.2. The lowest BCUT2D eigenvalue weighted by molar-refractivity contribution is 0.544. The van der Waals surface area contributed by atoms with Gasteiger partial charge in [0.1, 0.15) is 5.69 Å². The van der Waals surface area contributed by atoms with Crippen LogP contribution in [0.1, 0.15) is 30.1 Å². The number of nitrogens with zero attached hydrogens (tertiary/aromatic N) is 8. The van der Waals surface area contributed by atoms with Crippen LogP contribution in [0.3, 0.4) is 0 Å². The molecular formula is C17H16ClN9. The molecule has 10 heteroatoms. The zero-order valence-electron chi connectivity index (χ0n) is 14.3. The molecule has 0 bridgehead atoms. The molecule has 3 aliphatic rings. The van der Waals surface area contributed by atoms with Gasteiger partial charge in [0.2, 0.25) is 5.28 Å². The van der Waals surface area contributed by atoms with Crippen molar-refractivity contribution in [2.24, 2.45) is 4.99 Å². The maximum Gasteiger partial charge on any atom is 0.209 e. The van der Waals surface area contributed by atoms with Gasteiger partial charge in [0.05, 0.1) is 24.1 Å². The molecular weight excluding hydrogens is 366 g/mol. The quantitative estimate of drug-likeness (QED) is 0.727. The lowest BCUT2D eigenvalue weighted by Crippen LogP contribution is -2.51. The Morgan fingerprint density at radius 2 is 2.15 bits per heavy atom. The van der Waals surface area contributed by atoms with Gasteiger partial charge in [-0.05, 0) is 48.3 Å². The zero-order valence-corrected chi connectivity index (χ0v) is 15.1. The molecule has 1 N–H and O–H groups in total. The van der Waals surface area contributed by atoms with E-state index in [4.69, 9.17) is 16.6 Å². The highest BCUT2D eigenvalue weighted by Crippen LogP contribution is 2.36. The van der Waals surface area contributed by atoms with Crippen molar-refractivity contribution in [3.05, 3.63) is 53.2 Å². The molecule has 1 unspecified atom stereocenters. The predicted octanol–water partition coefficient (Wildman–Crippen LogP) is 1.63. The first-order chi connectivity index (χ1) is 13.3. The number of hydrazine groups is 1. The Balaban J connectivity index is 1.44. The van der Waals surface area contributed by atoms with Crippen molar-refractivity contribution in [1.29, 1.82) is 0 Å². The molecule has 1 atom stereocenters. The van der Waals surface area contributed by atoms with E-state index in [0.29, 0.717) is 12.0 Å². The zero-order chi connectivity index (χ0) is 18.0. The van der Waals surface area contributed by atoms with Crippen molar-refractivity contribution in [1.82, 2.24) is 30.0 Å². The number of imidazole rings is 1. The molecule has 0 saturated carbocycles. The van der Waals surface area contributed by atoms with E-state index >= 15 is 0 Å². The Morgan fingerprint density at radius 3 is 3.04 bits per heavy atom. The highest BCUT2D eigenvalue weighted by molar-refractivity contribution is 6.29. The summed E-state index contributed by atoms with van der Waals surface area (Å²) in [7, 11) is 0. The number of para-hydroxylation sites is 1. The second-order valence-electron chi connectivity index (χ2n) is 6.76. The van der Waals surface area contributed by atoms with E-state index in [1.54, 1.807) is 11.0 Å². The molecule has 0 aliphatic carbocycles. The van der Waals surface area contributed by atoms with Gasteiger partial charge in [-0.1, -0.05) is 12.1 Å². The number of halogens is 1. The molecule has 1 aromatic carbocycles. The molecule has 0 spiro atoms. The highest BCUT2D eigenvalue weighted by Gasteiger charge is 2.38. The number of anilines is 1. The van der Waals surface area contributed by atoms with Crippen LogP contribution in [0, 0.1) is 0 Å². The normalized spacial score (nSPS) is 20.5. The number of rotatable bonds is 2. The summed E-state index contributed by atoms with van der Waals surface area (Å²) >= 11 is 6.38. The maximum atomic E-state index is 6.38. The van der Waals surface area contributed by atoms with Gasteiger partial charge >= 0.3 is 0 Å². The van der Waals surface area contributed by atoms with Crippen LogP contribution in [0.15, 0.2) is 41.7 Å². The molecule has 0 radical (unpaired) electrons. The standard InChI is InChI=1S/C17H16ClN9/c18-17-20-8-15-26(17)14-6-2-1-4-11(14)16-21-10-25(27(15)16)24-9-13(22-23-24)12-5-3-7-19-12/h1-2,4,6,8-9,12,19H,3,5,7,10H2. The average molecular weight is 382 g/mol. The largest absolute Gasteiger partial charge is 0.309 e. The number of aromatic nitrogens is 5. The van der Waals surface area contributed by atoms with Crippen LogP contribution in [-0.4, -0.2) is 43.7 Å². The van der Waals surface area contributed by atoms with E-state index < -0.39 is 0 Å². The summed E-state index contributed by atoms with van der Waals surface area (Å²) in [6, 6.07) is 8.31. The second kappa shape index (κ2) is 5.54. The van der Waals surface area contributed by atoms with Crippen LogP contribution in [0.2, 0.25) is 5.28 Å². The molecule has 1 fully saturated rings. The molecule has 136 valence electrons. The highest BCUT2D eigenvalue weighted by atomic mass is 35.5. The number of nitrogens with one attached hydrogen (secondary N) is 1. The minimum atomic E-state index is 0.267. The van der Waals surface area contributed by atoms with Gasteiger partial charge in [-0.25, -0.2) is 9.98 Å². The summed E-state index contributed by atoms with van der Waals surface area (Å²) in [4.78, 5) is 10.8. The van der Waals surface area contributed by atoms with Crippen molar-refractivity contribution in [2.75, 3.05) is 23.3 Å². The second-order valence-corrected chi connectivity index (χ2v) is 7.10. The van der Waals surface area contributed by atoms with Gasteiger partial charge in [0.25, 0.3) is 0 Å². The lowest BCUT2D eigenvalue weighted by atomic mass is 10.1. The summed E-state index contributed by atoms with van der Waals surface area (Å²) in [5.41, 5.74) is 2.93. The summed E-state index contributed by atoms with van der Waals surface area (Å²) in [6.45, 7) is 1.46. The topological polar surface area (TPSA) is 79.4 Å². The first-order valence-corrected chi connectivity index (χ1v) is 9.30. The fourth-order valence-corrected chi connectivity index (χ4v) is 4.21. The fourth-order valence-electron chi connectivity index (χ4n) is 3.98. The average Bonchev–Trinajstić information content (AvgIpc) is 3.46. The van der Waals surface area contributed by atoms with Crippen molar-refractivity contribution in [3.8, 4) is 5.69 Å². The van der Waals surface area contributed by atoms with Crippen molar-refractivity contribution in [3.63, 3.8) is 0 Å². The Morgan fingerprint density at radius 1 is 1.22 bits per heavy atom. The van der Waals surface area contributed by atoms with E-state index in [9.17, 15) is 0 Å². The number of aliphatic imine (C=N–C) groups is 1. The van der Waals surface area contributed by atoms with Crippen molar-refractivity contribution in [2.45, 2.75) is 18.9 Å². The van der Waals surface area contributed by atoms with E-state index in [2.05, 4.69) is 20.6 Å². The van der Waals surface area contributed by atoms with Gasteiger partial charge in [-0.3, -0.25) is 4.57 Å². The fraction of sp³-hybridized carbons (Fsp3) is 0.294. The van der Waals surface area contributed by atoms with Gasteiger partial charge in [0, 0.05) is 5.56 Å². The molecule has 6 rings (SSSR count). The Bertz CT molecular complexity index is 1060. The van der Waals surface area contributed by atoms with Gasteiger partial charge in [-0.15, -0.1) is 9.89 Å². The van der Waals surface area contributed by atoms with Crippen LogP contribution in [0.4, 0.5) is 5.82 Å². The predicted molar refractivity (Wildman–Crippen MR) is 101 cm³/mol. The summed E-state index contributed by atoms with van der Waals surface area (Å²) in [5.74, 6) is 1.68. The third-order valence-electron chi connectivity index (χ3n) is 5.23. The molecule has 1 saturated heterocycles. The Hall–Kier alpha value is -2.91. The smallest absolute Gasteiger partial charge is 0.209 e. The van der Waals surface area contributed by atoms with Gasteiger partial charge in [0.15, 0.2) is 18.3 Å². The third-order valence-corrected chi connectivity index (χ3v) is 5.50. The minimum Gasteiger partial charge on any atom is -0.309 e. The molecule has 9 nitrogen and oxygen atoms in total. The molecule has 3 aromatic rings. The van der Waals surface area contributed by atoms with Crippen LogP contribution in [0.5, 0.6) is 0 Å². The van der Waals surface area contributed by atoms with Crippen molar-refractivity contribution >= 4 is 23.3 Å². The number of benzene rings is 1. The summed E-state index contributed by atoms with van der Waals surface area (Å²) in [6.07, 6.45) is 5.96. The molecule has 2 aromatic heterocycles. The van der Waals surface area contributed by atoms with Crippen LogP contribution in [0.25, 0.3) is 5.69 Å². The van der Waals surface area contributed by atoms with Crippen LogP contribution >= 0.6 is 11.6 Å². The summed E-state index contributed by atoms with van der Waals surface area (Å²) < 4.78 is 1.92. The third kappa shape index (κ3) is 2.09. The van der Waals surface area contributed by atoms with Crippen LogP contribution in [-0.2, 0) is 0 Å². The lowest BCUT2D eigenvalue weighted by Gasteiger charge is -2.34. The number of hydrogen-bond acceptors (Lipinski definition) is 7. The van der Waals surface area contributed by atoms with E-state index in [-0.39, 0.29) is 6.04 Å². The molecule has 0 amide bonds.